The first-order chi connectivity index (χ1) is 10.8. The summed E-state index contributed by atoms with van der Waals surface area (Å²) in [6.07, 6.45) is 0. The van der Waals surface area contributed by atoms with Crippen molar-refractivity contribution in [2.45, 2.75) is 6.54 Å². The summed E-state index contributed by atoms with van der Waals surface area (Å²) in [5.41, 5.74) is 1.15. The second-order valence-corrected chi connectivity index (χ2v) is 5.13. The Morgan fingerprint density at radius 3 is 1.95 bits per heavy atom. The number of aliphatic hydroxyl groups is 1. The number of ether oxygens (including phenoxy) is 2. The van der Waals surface area contributed by atoms with Crippen LogP contribution < -0.4 is 14.8 Å². The van der Waals surface area contributed by atoms with Crippen LogP contribution >= 0.6 is 11.6 Å². The SMILES string of the molecule is OCCNCc1ccc(OCCOc2ccc(Cl)cc2)cc1. The van der Waals surface area contributed by atoms with Crippen LogP contribution in [0.25, 0.3) is 0 Å². The maximum atomic E-state index is 8.70. The molecule has 0 heterocycles. The lowest BCUT2D eigenvalue weighted by molar-refractivity contribution is 0.217. The van der Waals surface area contributed by atoms with Crippen molar-refractivity contribution in [2.75, 3.05) is 26.4 Å². The van der Waals surface area contributed by atoms with Crippen molar-refractivity contribution in [1.82, 2.24) is 5.32 Å². The van der Waals surface area contributed by atoms with E-state index in [4.69, 9.17) is 26.2 Å². The quantitative estimate of drug-likeness (QED) is 0.697. The van der Waals surface area contributed by atoms with Crippen LogP contribution in [0.15, 0.2) is 48.5 Å². The summed E-state index contributed by atoms with van der Waals surface area (Å²) in [4.78, 5) is 0. The molecule has 0 spiro atoms. The van der Waals surface area contributed by atoms with Crippen molar-refractivity contribution in [3.8, 4) is 11.5 Å². The molecule has 0 atom stereocenters. The molecule has 5 heteroatoms. The van der Waals surface area contributed by atoms with Gasteiger partial charge in [0.2, 0.25) is 0 Å². The molecule has 0 bridgehead atoms. The minimum atomic E-state index is 0.148. The molecule has 118 valence electrons. The van der Waals surface area contributed by atoms with Crippen molar-refractivity contribution in [1.29, 1.82) is 0 Å². The lowest BCUT2D eigenvalue weighted by Crippen LogP contribution is -2.17. The van der Waals surface area contributed by atoms with Gasteiger partial charge >= 0.3 is 0 Å². The molecule has 0 amide bonds. The Morgan fingerprint density at radius 1 is 0.864 bits per heavy atom. The zero-order valence-electron chi connectivity index (χ0n) is 12.3. The van der Waals surface area contributed by atoms with Crippen molar-refractivity contribution in [3.63, 3.8) is 0 Å². The molecule has 0 fully saturated rings. The zero-order valence-corrected chi connectivity index (χ0v) is 13.1. The largest absolute Gasteiger partial charge is 0.490 e. The van der Waals surface area contributed by atoms with Gasteiger partial charge in [0.25, 0.3) is 0 Å². The van der Waals surface area contributed by atoms with E-state index in [1.165, 1.54) is 0 Å². The summed E-state index contributed by atoms with van der Waals surface area (Å²) in [5.74, 6) is 1.59. The maximum absolute atomic E-state index is 8.70. The number of halogens is 1. The van der Waals surface area contributed by atoms with E-state index in [1.54, 1.807) is 12.1 Å². The van der Waals surface area contributed by atoms with E-state index < -0.39 is 0 Å². The van der Waals surface area contributed by atoms with Crippen LogP contribution in [-0.2, 0) is 6.54 Å². The summed E-state index contributed by atoms with van der Waals surface area (Å²) < 4.78 is 11.2. The smallest absolute Gasteiger partial charge is 0.122 e. The van der Waals surface area contributed by atoms with E-state index in [0.29, 0.717) is 24.8 Å². The van der Waals surface area contributed by atoms with Crippen LogP contribution in [0, 0.1) is 0 Å². The molecular weight excluding hydrogens is 302 g/mol. The molecule has 2 aromatic rings. The number of benzene rings is 2. The van der Waals surface area contributed by atoms with Gasteiger partial charge in [-0.15, -0.1) is 0 Å². The van der Waals surface area contributed by atoms with E-state index in [0.717, 1.165) is 23.6 Å². The first kappa shape index (κ1) is 16.6. The summed E-state index contributed by atoms with van der Waals surface area (Å²) in [6.45, 7) is 2.43. The molecule has 2 rings (SSSR count). The third-order valence-electron chi connectivity index (χ3n) is 2.98. The molecule has 2 aromatic carbocycles. The Hall–Kier alpha value is -1.75. The Morgan fingerprint density at radius 2 is 1.41 bits per heavy atom. The Kier molecular flexibility index (Phi) is 7.03. The molecule has 22 heavy (non-hydrogen) atoms. The summed E-state index contributed by atoms with van der Waals surface area (Å²) in [5, 5.41) is 12.5. The highest BCUT2D eigenvalue weighted by Crippen LogP contribution is 2.16. The molecule has 0 unspecified atom stereocenters. The zero-order chi connectivity index (χ0) is 15.6. The topological polar surface area (TPSA) is 50.7 Å². The van der Waals surface area contributed by atoms with Crippen LogP contribution in [-0.4, -0.2) is 31.5 Å². The van der Waals surface area contributed by atoms with Crippen LogP contribution in [0.4, 0.5) is 0 Å². The lowest BCUT2D eigenvalue weighted by atomic mass is 10.2. The first-order valence-electron chi connectivity index (χ1n) is 7.19. The number of nitrogens with one attached hydrogen (secondary N) is 1. The van der Waals surface area contributed by atoms with Crippen LogP contribution in [0.2, 0.25) is 5.02 Å². The van der Waals surface area contributed by atoms with Crippen molar-refractivity contribution >= 4 is 11.6 Å². The van der Waals surface area contributed by atoms with E-state index >= 15 is 0 Å². The second kappa shape index (κ2) is 9.30. The molecule has 0 aliphatic rings. The van der Waals surface area contributed by atoms with E-state index in [-0.39, 0.29) is 6.61 Å². The summed E-state index contributed by atoms with van der Waals surface area (Å²) in [6, 6.07) is 15.1. The van der Waals surface area contributed by atoms with Gasteiger partial charge < -0.3 is 19.9 Å². The number of rotatable bonds is 9. The van der Waals surface area contributed by atoms with Gasteiger partial charge in [0.15, 0.2) is 0 Å². The van der Waals surface area contributed by atoms with E-state index in [2.05, 4.69) is 5.32 Å². The number of aliphatic hydroxyl groups excluding tert-OH is 1. The van der Waals surface area contributed by atoms with Gasteiger partial charge in [-0.3, -0.25) is 0 Å². The highest BCUT2D eigenvalue weighted by atomic mass is 35.5. The normalized spacial score (nSPS) is 10.5. The predicted octanol–water partition coefficient (Wildman–Crippen LogP) is 2.88. The standard InChI is InChI=1S/C17H20ClNO3/c18-15-3-7-17(8-4-15)22-12-11-21-16-5-1-14(2-6-16)13-19-9-10-20/h1-8,19-20H,9-13H2. The van der Waals surface area contributed by atoms with Gasteiger partial charge in [-0.05, 0) is 42.0 Å². The van der Waals surface area contributed by atoms with Gasteiger partial charge in [0.05, 0.1) is 6.61 Å². The summed E-state index contributed by atoms with van der Waals surface area (Å²) >= 11 is 5.81. The molecule has 0 aromatic heterocycles. The van der Waals surface area contributed by atoms with Crippen LogP contribution in [0.1, 0.15) is 5.56 Å². The lowest BCUT2D eigenvalue weighted by Gasteiger charge is -2.09. The average Bonchev–Trinajstić information content (AvgIpc) is 2.55. The third-order valence-corrected chi connectivity index (χ3v) is 3.23. The molecule has 0 saturated carbocycles. The van der Waals surface area contributed by atoms with Crippen molar-refractivity contribution in [3.05, 3.63) is 59.1 Å². The van der Waals surface area contributed by atoms with Crippen LogP contribution in [0.3, 0.4) is 0 Å². The molecule has 0 aliphatic heterocycles. The fourth-order valence-corrected chi connectivity index (χ4v) is 1.99. The Bertz CT molecular complexity index is 543. The Balaban J connectivity index is 1.67. The predicted molar refractivity (Wildman–Crippen MR) is 87.7 cm³/mol. The second-order valence-electron chi connectivity index (χ2n) is 4.70. The highest BCUT2D eigenvalue weighted by molar-refractivity contribution is 6.30. The van der Waals surface area contributed by atoms with Gasteiger partial charge in [-0.1, -0.05) is 23.7 Å². The molecule has 0 saturated heterocycles. The number of hydrogen-bond donors (Lipinski definition) is 2. The third kappa shape index (κ3) is 5.93. The van der Waals surface area contributed by atoms with Gasteiger partial charge in [0.1, 0.15) is 24.7 Å². The summed E-state index contributed by atoms with van der Waals surface area (Å²) in [7, 11) is 0. The Labute approximate surface area is 135 Å². The van der Waals surface area contributed by atoms with Gasteiger partial charge in [-0.25, -0.2) is 0 Å². The molecule has 0 radical (unpaired) electrons. The average molecular weight is 322 g/mol. The van der Waals surface area contributed by atoms with Crippen molar-refractivity contribution in [2.24, 2.45) is 0 Å². The van der Waals surface area contributed by atoms with E-state index in [1.807, 2.05) is 36.4 Å². The fraction of sp³-hybridized carbons (Fsp3) is 0.294. The fourth-order valence-electron chi connectivity index (χ4n) is 1.87. The monoisotopic (exact) mass is 321 g/mol. The van der Waals surface area contributed by atoms with Crippen LogP contribution in [0.5, 0.6) is 11.5 Å². The first-order valence-corrected chi connectivity index (χ1v) is 7.57. The minimum Gasteiger partial charge on any atom is -0.490 e. The highest BCUT2D eigenvalue weighted by Gasteiger charge is 1.97. The van der Waals surface area contributed by atoms with Gasteiger partial charge in [0, 0.05) is 18.1 Å². The molecule has 2 N–H and O–H groups in total. The minimum absolute atomic E-state index is 0.148. The number of hydrogen-bond acceptors (Lipinski definition) is 4. The van der Waals surface area contributed by atoms with Crippen molar-refractivity contribution < 1.29 is 14.6 Å². The maximum Gasteiger partial charge on any atom is 0.122 e. The van der Waals surface area contributed by atoms with E-state index in [9.17, 15) is 0 Å². The molecular formula is C17H20ClNO3. The van der Waals surface area contributed by atoms with Gasteiger partial charge in [-0.2, -0.15) is 0 Å². The molecule has 0 aliphatic carbocycles. The molecule has 4 nitrogen and oxygen atoms in total.